The standard InChI is InChI=1S/C19H18Cl2N2O2/c1-10(24)13-8-11-4-2-5-12(11)9-16(13)23-18(19(22)25)17-14(20)6-3-7-15(17)21/h3,6-9,18,23H,2,4-5H2,1H3,(H2,22,25). The first kappa shape index (κ1) is 17.8. The Labute approximate surface area is 156 Å². The molecule has 0 heterocycles. The van der Waals surface area contributed by atoms with Crippen LogP contribution in [0.1, 0.15) is 46.4 Å². The molecule has 2 aromatic rings. The monoisotopic (exact) mass is 376 g/mol. The first-order valence-corrected chi connectivity index (χ1v) is 8.80. The molecule has 1 aliphatic carbocycles. The highest BCUT2D eigenvalue weighted by Gasteiger charge is 2.26. The first-order valence-electron chi connectivity index (χ1n) is 8.05. The van der Waals surface area contributed by atoms with Crippen LogP contribution in [0.5, 0.6) is 0 Å². The number of primary amides is 1. The molecule has 3 rings (SSSR count). The van der Waals surface area contributed by atoms with Gasteiger partial charge in [-0.05, 0) is 61.6 Å². The number of ketones is 1. The van der Waals surface area contributed by atoms with Crippen molar-refractivity contribution in [3.63, 3.8) is 0 Å². The lowest BCUT2D eigenvalue weighted by atomic mass is 9.99. The zero-order valence-corrected chi connectivity index (χ0v) is 15.2. The molecular weight excluding hydrogens is 359 g/mol. The molecule has 2 aromatic carbocycles. The van der Waals surface area contributed by atoms with Crippen molar-refractivity contribution in [2.75, 3.05) is 5.32 Å². The highest BCUT2D eigenvalue weighted by Crippen LogP contribution is 2.35. The zero-order chi connectivity index (χ0) is 18.1. The van der Waals surface area contributed by atoms with Crippen LogP contribution in [0.3, 0.4) is 0 Å². The topological polar surface area (TPSA) is 72.2 Å². The van der Waals surface area contributed by atoms with Crippen LogP contribution < -0.4 is 11.1 Å². The molecule has 1 unspecified atom stereocenters. The van der Waals surface area contributed by atoms with Gasteiger partial charge in [-0.15, -0.1) is 0 Å². The molecule has 0 aromatic heterocycles. The van der Waals surface area contributed by atoms with E-state index in [9.17, 15) is 9.59 Å². The summed E-state index contributed by atoms with van der Waals surface area (Å²) in [6.45, 7) is 1.50. The number of benzene rings is 2. The van der Waals surface area contributed by atoms with Gasteiger partial charge in [0.2, 0.25) is 5.91 Å². The minimum Gasteiger partial charge on any atom is -0.369 e. The third-order valence-corrected chi connectivity index (χ3v) is 5.14. The van der Waals surface area contributed by atoms with Crippen molar-refractivity contribution in [1.29, 1.82) is 0 Å². The average Bonchev–Trinajstić information content (AvgIpc) is 2.99. The fourth-order valence-corrected chi connectivity index (χ4v) is 3.88. The zero-order valence-electron chi connectivity index (χ0n) is 13.7. The first-order chi connectivity index (χ1) is 11.9. The van der Waals surface area contributed by atoms with Crippen LogP contribution in [0.15, 0.2) is 30.3 Å². The van der Waals surface area contributed by atoms with Crippen LogP contribution in [-0.2, 0) is 17.6 Å². The highest BCUT2D eigenvalue weighted by atomic mass is 35.5. The molecule has 0 aliphatic heterocycles. The number of halogens is 2. The van der Waals surface area contributed by atoms with Crippen LogP contribution in [0.2, 0.25) is 10.0 Å². The van der Waals surface area contributed by atoms with Gasteiger partial charge < -0.3 is 11.1 Å². The van der Waals surface area contributed by atoms with Crippen molar-refractivity contribution in [2.45, 2.75) is 32.2 Å². The fourth-order valence-electron chi connectivity index (χ4n) is 3.26. The van der Waals surface area contributed by atoms with Crippen LogP contribution in [-0.4, -0.2) is 11.7 Å². The van der Waals surface area contributed by atoms with Gasteiger partial charge in [0, 0.05) is 26.9 Å². The molecule has 1 atom stereocenters. The Morgan fingerprint density at radius 2 is 1.72 bits per heavy atom. The molecule has 0 saturated carbocycles. The number of hydrogen-bond acceptors (Lipinski definition) is 3. The van der Waals surface area contributed by atoms with E-state index < -0.39 is 11.9 Å². The predicted octanol–water partition coefficient (Wildman–Crippen LogP) is 4.32. The van der Waals surface area contributed by atoms with Crippen LogP contribution in [0.25, 0.3) is 0 Å². The van der Waals surface area contributed by atoms with Crippen LogP contribution in [0.4, 0.5) is 5.69 Å². The van der Waals surface area contributed by atoms with Crippen molar-refractivity contribution in [1.82, 2.24) is 0 Å². The van der Waals surface area contributed by atoms with E-state index in [1.54, 1.807) is 18.2 Å². The summed E-state index contributed by atoms with van der Waals surface area (Å²) < 4.78 is 0. The number of carbonyl (C=O) groups excluding carboxylic acids is 2. The minimum absolute atomic E-state index is 0.0781. The second-order valence-electron chi connectivity index (χ2n) is 6.19. The number of fused-ring (bicyclic) bond motifs is 1. The normalized spacial score (nSPS) is 14.0. The van der Waals surface area contributed by atoms with Crippen LogP contribution >= 0.6 is 23.2 Å². The largest absolute Gasteiger partial charge is 0.369 e. The predicted molar refractivity (Wildman–Crippen MR) is 100 cm³/mol. The maximum absolute atomic E-state index is 12.1. The second-order valence-corrected chi connectivity index (χ2v) is 7.01. The van der Waals surface area contributed by atoms with Gasteiger partial charge in [0.05, 0.1) is 0 Å². The SMILES string of the molecule is CC(=O)c1cc2c(cc1NC(C(N)=O)c1c(Cl)cccc1Cl)CCC2. The molecule has 1 aliphatic rings. The van der Waals surface area contributed by atoms with Gasteiger partial charge in [-0.25, -0.2) is 0 Å². The number of amides is 1. The van der Waals surface area contributed by atoms with Crippen molar-refractivity contribution in [3.05, 3.63) is 62.6 Å². The number of anilines is 1. The van der Waals surface area contributed by atoms with Crippen molar-refractivity contribution in [3.8, 4) is 0 Å². The number of Topliss-reactive ketones (excluding diaryl/α,β-unsaturated/α-hetero) is 1. The Bertz CT molecular complexity index is 844. The van der Waals surface area contributed by atoms with Crippen molar-refractivity contribution < 1.29 is 9.59 Å². The van der Waals surface area contributed by atoms with E-state index in [1.807, 2.05) is 12.1 Å². The summed E-state index contributed by atoms with van der Waals surface area (Å²) in [5, 5.41) is 3.78. The maximum atomic E-state index is 12.1. The van der Waals surface area contributed by atoms with Crippen molar-refractivity contribution in [2.24, 2.45) is 5.73 Å². The molecule has 1 amide bonds. The van der Waals surface area contributed by atoms with E-state index in [0.717, 1.165) is 19.3 Å². The summed E-state index contributed by atoms with van der Waals surface area (Å²) in [4.78, 5) is 24.2. The molecule has 0 saturated heterocycles. The van der Waals surface area contributed by atoms with Gasteiger partial charge in [-0.2, -0.15) is 0 Å². The molecule has 0 spiro atoms. The minimum atomic E-state index is -0.932. The third kappa shape index (κ3) is 3.51. The summed E-state index contributed by atoms with van der Waals surface area (Å²) in [7, 11) is 0. The summed E-state index contributed by atoms with van der Waals surface area (Å²) >= 11 is 12.5. The molecule has 0 bridgehead atoms. The molecule has 0 fully saturated rings. The Morgan fingerprint density at radius 3 is 2.28 bits per heavy atom. The van der Waals surface area contributed by atoms with E-state index >= 15 is 0 Å². The number of nitrogens with two attached hydrogens (primary N) is 1. The van der Waals surface area contributed by atoms with E-state index in [2.05, 4.69) is 5.32 Å². The summed E-state index contributed by atoms with van der Waals surface area (Å²) in [6, 6.07) is 7.89. The van der Waals surface area contributed by atoms with E-state index in [1.165, 1.54) is 18.1 Å². The summed E-state index contributed by atoms with van der Waals surface area (Å²) in [5.74, 6) is -0.698. The van der Waals surface area contributed by atoms with E-state index in [4.69, 9.17) is 28.9 Å². The fraction of sp³-hybridized carbons (Fsp3) is 0.263. The Kier molecular flexibility index (Phi) is 5.02. The smallest absolute Gasteiger partial charge is 0.244 e. The maximum Gasteiger partial charge on any atom is 0.244 e. The Balaban J connectivity index is 2.07. The van der Waals surface area contributed by atoms with Gasteiger partial charge in [-0.1, -0.05) is 29.3 Å². The van der Waals surface area contributed by atoms with Gasteiger partial charge in [0.25, 0.3) is 0 Å². The van der Waals surface area contributed by atoms with Crippen molar-refractivity contribution >= 4 is 40.6 Å². The number of hydrogen-bond donors (Lipinski definition) is 2. The number of rotatable bonds is 5. The Morgan fingerprint density at radius 1 is 1.12 bits per heavy atom. The van der Waals surface area contributed by atoms with E-state index in [-0.39, 0.29) is 5.78 Å². The van der Waals surface area contributed by atoms with Gasteiger partial charge in [0.1, 0.15) is 6.04 Å². The lowest BCUT2D eigenvalue weighted by Crippen LogP contribution is -2.29. The average molecular weight is 377 g/mol. The highest BCUT2D eigenvalue weighted by molar-refractivity contribution is 6.36. The molecular formula is C19H18Cl2N2O2. The van der Waals surface area contributed by atoms with E-state index in [0.29, 0.717) is 26.9 Å². The number of carbonyl (C=O) groups is 2. The summed E-state index contributed by atoms with van der Waals surface area (Å²) in [6.07, 6.45) is 2.98. The third-order valence-electron chi connectivity index (χ3n) is 4.48. The molecule has 6 heteroatoms. The quantitative estimate of drug-likeness (QED) is 0.762. The molecule has 130 valence electrons. The number of aryl methyl sites for hydroxylation is 2. The molecule has 25 heavy (non-hydrogen) atoms. The number of nitrogens with one attached hydrogen (secondary N) is 1. The summed E-state index contributed by atoms with van der Waals surface area (Å²) in [5.41, 5.74) is 9.48. The Hall–Kier alpha value is -2.04. The van der Waals surface area contributed by atoms with Gasteiger partial charge >= 0.3 is 0 Å². The second kappa shape index (κ2) is 7.06. The van der Waals surface area contributed by atoms with Gasteiger partial charge in [-0.3, -0.25) is 9.59 Å². The van der Waals surface area contributed by atoms with Gasteiger partial charge in [0.15, 0.2) is 5.78 Å². The molecule has 4 nitrogen and oxygen atoms in total. The van der Waals surface area contributed by atoms with Crippen LogP contribution in [0, 0.1) is 0 Å². The molecule has 0 radical (unpaired) electrons. The lowest BCUT2D eigenvalue weighted by molar-refractivity contribution is -0.118. The molecule has 3 N–H and O–H groups in total. The lowest BCUT2D eigenvalue weighted by Gasteiger charge is -2.22.